The molecule has 0 unspecified atom stereocenters. The molecule has 0 saturated heterocycles. The summed E-state index contributed by atoms with van der Waals surface area (Å²) >= 11 is 0. The third-order valence-corrected chi connectivity index (χ3v) is 3.23. The summed E-state index contributed by atoms with van der Waals surface area (Å²) < 4.78 is 31.6. The lowest BCUT2D eigenvalue weighted by Crippen LogP contribution is -2.27. The number of anilines is 1. The Balaban J connectivity index is 2.02. The Morgan fingerprint density at radius 3 is 2.57 bits per heavy atom. The van der Waals surface area contributed by atoms with Crippen molar-refractivity contribution in [1.29, 1.82) is 0 Å². The van der Waals surface area contributed by atoms with E-state index >= 15 is 0 Å². The molecule has 1 N–H and O–H groups in total. The third-order valence-electron chi connectivity index (χ3n) is 3.23. The minimum absolute atomic E-state index is 0.0603. The van der Waals surface area contributed by atoms with Gasteiger partial charge < -0.3 is 15.0 Å². The number of carbonyl (C=O) groups excluding carboxylic acids is 1. The van der Waals surface area contributed by atoms with Crippen LogP contribution in [0.25, 0.3) is 0 Å². The van der Waals surface area contributed by atoms with Crippen LogP contribution in [0, 0.1) is 11.6 Å². The van der Waals surface area contributed by atoms with E-state index in [4.69, 9.17) is 4.74 Å². The van der Waals surface area contributed by atoms with Gasteiger partial charge in [-0.25, -0.2) is 8.78 Å². The predicted octanol–water partition coefficient (Wildman–Crippen LogP) is 3.04. The minimum atomic E-state index is -0.906. The van der Waals surface area contributed by atoms with Gasteiger partial charge in [0.2, 0.25) is 0 Å². The summed E-state index contributed by atoms with van der Waals surface area (Å²) in [5.41, 5.74) is 1.27. The summed E-state index contributed by atoms with van der Waals surface area (Å²) in [6.45, 7) is 0.298. The van der Waals surface area contributed by atoms with E-state index in [0.717, 1.165) is 17.7 Å². The number of hydrogen-bond donors (Lipinski definition) is 1. The maximum atomic E-state index is 13.2. The van der Waals surface area contributed by atoms with E-state index in [0.29, 0.717) is 18.0 Å². The average molecular weight is 320 g/mol. The number of nitrogens with zero attached hydrogens (tertiary/aromatic N) is 1. The first kappa shape index (κ1) is 16.7. The molecule has 2 aromatic carbocycles. The van der Waals surface area contributed by atoms with E-state index in [2.05, 4.69) is 5.32 Å². The lowest BCUT2D eigenvalue weighted by Gasteiger charge is -2.14. The number of para-hydroxylation sites is 1. The van der Waals surface area contributed by atoms with Crippen molar-refractivity contribution in [1.82, 2.24) is 4.90 Å². The highest BCUT2D eigenvalue weighted by Crippen LogP contribution is 2.20. The zero-order chi connectivity index (χ0) is 16.8. The van der Waals surface area contributed by atoms with Gasteiger partial charge in [0.25, 0.3) is 5.91 Å². The molecule has 122 valence electrons. The molecule has 0 aliphatic carbocycles. The number of benzene rings is 2. The first-order valence-corrected chi connectivity index (χ1v) is 7.07. The van der Waals surface area contributed by atoms with Gasteiger partial charge in [-0.1, -0.05) is 18.2 Å². The molecule has 0 saturated carbocycles. The Morgan fingerprint density at radius 2 is 1.87 bits per heavy atom. The molecule has 0 spiro atoms. The van der Waals surface area contributed by atoms with Crippen LogP contribution in [0.4, 0.5) is 14.5 Å². The Kier molecular flexibility index (Phi) is 5.51. The van der Waals surface area contributed by atoms with Crippen LogP contribution in [0.2, 0.25) is 0 Å². The molecule has 0 aliphatic heterocycles. The second-order valence-corrected chi connectivity index (χ2v) is 5.17. The predicted molar refractivity (Wildman–Crippen MR) is 84.3 cm³/mol. The van der Waals surface area contributed by atoms with Gasteiger partial charge in [-0.3, -0.25) is 4.79 Å². The molecule has 0 aromatic heterocycles. The number of halogens is 2. The normalized spacial score (nSPS) is 10.3. The zero-order valence-corrected chi connectivity index (χ0v) is 13.0. The maximum Gasteiger partial charge on any atom is 0.259 e. The van der Waals surface area contributed by atoms with E-state index in [-0.39, 0.29) is 12.5 Å². The van der Waals surface area contributed by atoms with Crippen molar-refractivity contribution in [2.24, 2.45) is 0 Å². The smallest absolute Gasteiger partial charge is 0.259 e. The van der Waals surface area contributed by atoms with Crippen LogP contribution in [-0.2, 0) is 11.3 Å². The van der Waals surface area contributed by atoms with E-state index in [1.165, 1.54) is 11.0 Å². The summed E-state index contributed by atoms with van der Waals surface area (Å²) in [6, 6.07) is 10.8. The first-order valence-electron chi connectivity index (χ1n) is 7.07. The van der Waals surface area contributed by atoms with Crippen molar-refractivity contribution in [2.75, 3.05) is 26.0 Å². The van der Waals surface area contributed by atoms with Gasteiger partial charge in [-0.05, 0) is 18.2 Å². The lowest BCUT2D eigenvalue weighted by molar-refractivity contribution is -0.130. The summed E-state index contributed by atoms with van der Waals surface area (Å²) in [5.74, 6) is -1.37. The van der Waals surface area contributed by atoms with Crippen LogP contribution in [0.1, 0.15) is 5.56 Å². The SMILES string of the molecule is CN(C)C(=O)COc1ccccc1CNc1ccc(F)c(F)c1. The van der Waals surface area contributed by atoms with Gasteiger partial charge in [0.15, 0.2) is 18.2 Å². The van der Waals surface area contributed by atoms with Gasteiger partial charge in [0.1, 0.15) is 5.75 Å². The molecule has 0 atom stereocenters. The maximum absolute atomic E-state index is 13.2. The van der Waals surface area contributed by atoms with Crippen LogP contribution < -0.4 is 10.1 Å². The van der Waals surface area contributed by atoms with E-state index < -0.39 is 11.6 Å². The molecular weight excluding hydrogens is 302 g/mol. The summed E-state index contributed by atoms with van der Waals surface area (Å²) in [5, 5.41) is 3.00. The molecule has 0 aliphatic rings. The zero-order valence-electron chi connectivity index (χ0n) is 13.0. The molecule has 0 bridgehead atoms. The van der Waals surface area contributed by atoms with Crippen LogP contribution in [0.3, 0.4) is 0 Å². The average Bonchev–Trinajstić information content (AvgIpc) is 2.54. The number of amides is 1. The summed E-state index contributed by atoms with van der Waals surface area (Å²) in [7, 11) is 3.31. The monoisotopic (exact) mass is 320 g/mol. The number of carbonyl (C=O) groups is 1. The molecule has 2 aromatic rings. The highest BCUT2D eigenvalue weighted by atomic mass is 19.2. The van der Waals surface area contributed by atoms with Gasteiger partial charge in [0.05, 0.1) is 0 Å². The van der Waals surface area contributed by atoms with E-state index in [1.807, 2.05) is 12.1 Å². The van der Waals surface area contributed by atoms with Gasteiger partial charge in [0, 0.05) is 38.0 Å². The number of ether oxygens (including phenoxy) is 1. The molecular formula is C17H18F2N2O2. The lowest BCUT2D eigenvalue weighted by atomic mass is 10.2. The fourth-order valence-electron chi connectivity index (χ4n) is 1.86. The van der Waals surface area contributed by atoms with E-state index in [9.17, 15) is 13.6 Å². The fraction of sp³-hybridized carbons (Fsp3) is 0.235. The van der Waals surface area contributed by atoms with Gasteiger partial charge in [-0.2, -0.15) is 0 Å². The highest BCUT2D eigenvalue weighted by Gasteiger charge is 2.08. The van der Waals surface area contributed by atoms with E-state index in [1.54, 1.807) is 26.2 Å². The van der Waals surface area contributed by atoms with Crippen LogP contribution >= 0.6 is 0 Å². The Labute approximate surface area is 133 Å². The quantitative estimate of drug-likeness (QED) is 0.889. The number of hydrogen-bond acceptors (Lipinski definition) is 3. The molecule has 23 heavy (non-hydrogen) atoms. The molecule has 0 heterocycles. The van der Waals surface area contributed by atoms with Crippen LogP contribution in [0.5, 0.6) is 5.75 Å². The van der Waals surface area contributed by atoms with Crippen molar-refractivity contribution in [3.05, 3.63) is 59.7 Å². The standard InChI is InChI=1S/C17H18F2N2O2/c1-21(2)17(22)11-23-16-6-4-3-5-12(16)10-20-13-7-8-14(18)15(19)9-13/h3-9,20H,10-11H2,1-2H3. The molecule has 0 radical (unpaired) electrons. The van der Waals surface area contributed by atoms with Crippen molar-refractivity contribution < 1.29 is 18.3 Å². The summed E-state index contributed by atoms with van der Waals surface area (Å²) in [6.07, 6.45) is 0. The molecule has 2 rings (SSSR count). The second kappa shape index (κ2) is 7.58. The first-order chi connectivity index (χ1) is 11.0. The minimum Gasteiger partial charge on any atom is -0.483 e. The summed E-state index contributed by atoms with van der Waals surface area (Å²) in [4.78, 5) is 13.0. The van der Waals surface area contributed by atoms with Crippen molar-refractivity contribution in [3.63, 3.8) is 0 Å². The molecule has 0 fully saturated rings. The van der Waals surface area contributed by atoms with Crippen molar-refractivity contribution in [2.45, 2.75) is 6.54 Å². The fourth-order valence-corrected chi connectivity index (χ4v) is 1.86. The number of likely N-dealkylation sites (N-methyl/N-ethyl adjacent to an activating group) is 1. The molecule has 1 amide bonds. The van der Waals surface area contributed by atoms with Crippen LogP contribution in [0.15, 0.2) is 42.5 Å². The van der Waals surface area contributed by atoms with Crippen molar-refractivity contribution in [3.8, 4) is 5.75 Å². The van der Waals surface area contributed by atoms with Gasteiger partial charge >= 0.3 is 0 Å². The second-order valence-electron chi connectivity index (χ2n) is 5.17. The largest absolute Gasteiger partial charge is 0.483 e. The Bertz CT molecular complexity index is 690. The topological polar surface area (TPSA) is 41.6 Å². The van der Waals surface area contributed by atoms with Crippen molar-refractivity contribution >= 4 is 11.6 Å². The number of nitrogens with one attached hydrogen (secondary N) is 1. The van der Waals surface area contributed by atoms with Crippen LogP contribution in [-0.4, -0.2) is 31.5 Å². The Hall–Kier alpha value is -2.63. The van der Waals surface area contributed by atoms with Gasteiger partial charge in [-0.15, -0.1) is 0 Å². The molecule has 4 nitrogen and oxygen atoms in total. The highest BCUT2D eigenvalue weighted by molar-refractivity contribution is 5.77. The molecule has 6 heteroatoms. The Morgan fingerprint density at radius 1 is 1.13 bits per heavy atom. The number of rotatable bonds is 6. The third kappa shape index (κ3) is 4.67.